The zero-order chi connectivity index (χ0) is 18.3. The average Bonchev–Trinajstić information content (AvgIpc) is 2.99. The summed E-state index contributed by atoms with van der Waals surface area (Å²) < 4.78 is 7.99. The molecule has 9 nitrogen and oxygen atoms in total. The summed E-state index contributed by atoms with van der Waals surface area (Å²) in [5, 5.41) is 10.8. The fraction of sp³-hybridized carbons (Fsp3) is 0.0625. The summed E-state index contributed by atoms with van der Waals surface area (Å²) >= 11 is 1.44. The largest absolute Gasteiger partial charge is 0.497 e. The second-order valence-corrected chi connectivity index (χ2v) is 6.33. The number of nitrogen functional groups attached to an aromatic ring is 1. The van der Waals surface area contributed by atoms with Gasteiger partial charge in [0.05, 0.1) is 27.9 Å². The number of nitrogens with two attached hydrogens (primary N) is 1. The Labute approximate surface area is 150 Å². The van der Waals surface area contributed by atoms with Crippen LogP contribution in [0, 0.1) is 10.1 Å². The molecule has 2 N–H and O–H groups in total. The van der Waals surface area contributed by atoms with E-state index >= 15 is 0 Å². The molecule has 0 aliphatic heterocycles. The quantitative estimate of drug-likeness (QED) is 0.438. The molecule has 0 spiro atoms. The van der Waals surface area contributed by atoms with Gasteiger partial charge >= 0.3 is 0 Å². The molecule has 10 heteroatoms. The molecule has 0 radical (unpaired) electrons. The first kappa shape index (κ1) is 16.0. The van der Waals surface area contributed by atoms with Crippen molar-refractivity contribution in [1.82, 2.24) is 14.4 Å². The first-order valence-electron chi connectivity index (χ1n) is 7.47. The molecule has 4 rings (SSSR count). The molecule has 4 aromatic rings. The Balaban J connectivity index is 1.97. The number of rotatable bonds is 3. The van der Waals surface area contributed by atoms with Crippen molar-refractivity contribution in [2.75, 3.05) is 12.8 Å². The maximum atomic E-state index is 10.8. The summed E-state index contributed by atoms with van der Waals surface area (Å²) in [5.74, 6) is 0.837. The highest BCUT2D eigenvalue weighted by molar-refractivity contribution is 7.23. The zero-order valence-corrected chi connectivity index (χ0v) is 14.3. The molecule has 0 atom stereocenters. The van der Waals surface area contributed by atoms with Crippen molar-refractivity contribution < 1.29 is 9.66 Å². The summed E-state index contributed by atoms with van der Waals surface area (Å²) in [6, 6.07) is 11.5. The molecule has 2 aromatic heterocycles. The van der Waals surface area contributed by atoms with Crippen molar-refractivity contribution in [1.29, 1.82) is 0 Å². The van der Waals surface area contributed by atoms with Crippen LogP contribution >= 0.6 is 11.3 Å². The molecule has 0 saturated heterocycles. The molecule has 26 heavy (non-hydrogen) atoms. The van der Waals surface area contributed by atoms with Crippen molar-refractivity contribution in [2.45, 2.75) is 0 Å². The lowest BCUT2D eigenvalue weighted by atomic mass is 10.3. The number of thiazole rings is 1. The van der Waals surface area contributed by atoms with E-state index in [0.29, 0.717) is 16.3 Å². The van der Waals surface area contributed by atoms with Crippen LogP contribution in [-0.4, -0.2) is 26.4 Å². The molecule has 2 aromatic carbocycles. The van der Waals surface area contributed by atoms with Gasteiger partial charge in [-0.25, -0.2) is 4.99 Å². The first-order chi connectivity index (χ1) is 12.5. The van der Waals surface area contributed by atoms with E-state index in [1.54, 1.807) is 23.6 Å². The summed E-state index contributed by atoms with van der Waals surface area (Å²) in [4.78, 5) is 23.9. The fourth-order valence-electron chi connectivity index (χ4n) is 2.52. The molecular formula is C16H12N6O3S. The number of methoxy groups -OCH3 is 1. The summed E-state index contributed by atoms with van der Waals surface area (Å²) in [6.07, 6.45) is 0. The lowest BCUT2D eigenvalue weighted by molar-refractivity contribution is -0.384. The van der Waals surface area contributed by atoms with E-state index < -0.39 is 4.92 Å². The SMILES string of the molecule is COc1ccc2c(c1)sc1nc(N)n/c(=N\c3ccc([N+](=O)[O-])cc3)n12. The highest BCUT2D eigenvalue weighted by Crippen LogP contribution is 2.28. The number of fused-ring (bicyclic) bond motifs is 3. The third kappa shape index (κ3) is 2.71. The van der Waals surface area contributed by atoms with Gasteiger partial charge in [0.25, 0.3) is 5.69 Å². The third-order valence-corrected chi connectivity index (χ3v) is 4.72. The van der Waals surface area contributed by atoms with Gasteiger partial charge in [0, 0.05) is 12.1 Å². The topological polar surface area (TPSA) is 121 Å². The predicted octanol–water partition coefficient (Wildman–Crippen LogP) is 2.68. The van der Waals surface area contributed by atoms with Crippen LogP contribution in [0.5, 0.6) is 5.75 Å². The predicted molar refractivity (Wildman–Crippen MR) is 97.7 cm³/mol. The van der Waals surface area contributed by atoms with Gasteiger partial charge in [0.15, 0.2) is 0 Å². The van der Waals surface area contributed by atoms with Gasteiger partial charge in [-0.05, 0) is 30.3 Å². The van der Waals surface area contributed by atoms with Gasteiger partial charge in [-0.1, -0.05) is 11.3 Å². The number of aromatic nitrogens is 3. The molecule has 0 unspecified atom stereocenters. The monoisotopic (exact) mass is 368 g/mol. The summed E-state index contributed by atoms with van der Waals surface area (Å²) in [6.45, 7) is 0. The number of anilines is 1. The Morgan fingerprint density at radius 3 is 2.69 bits per heavy atom. The lowest BCUT2D eigenvalue weighted by Crippen LogP contribution is -2.20. The number of benzene rings is 2. The summed E-state index contributed by atoms with van der Waals surface area (Å²) in [7, 11) is 1.61. The van der Waals surface area contributed by atoms with Crippen LogP contribution in [0.3, 0.4) is 0 Å². The molecule has 0 amide bonds. The van der Waals surface area contributed by atoms with Crippen molar-refractivity contribution >= 4 is 43.8 Å². The molecule has 2 heterocycles. The maximum Gasteiger partial charge on any atom is 0.269 e. The van der Waals surface area contributed by atoms with E-state index in [1.807, 2.05) is 18.2 Å². The van der Waals surface area contributed by atoms with Gasteiger partial charge in [0.2, 0.25) is 16.5 Å². The molecule has 0 bridgehead atoms. The van der Waals surface area contributed by atoms with Crippen LogP contribution in [0.1, 0.15) is 0 Å². The van der Waals surface area contributed by atoms with Crippen molar-refractivity contribution in [3.05, 3.63) is 58.2 Å². The number of nitro groups is 1. The van der Waals surface area contributed by atoms with Crippen molar-refractivity contribution in [2.24, 2.45) is 4.99 Å². The number of non-ortho nitro benzene ring substituents is 1. The third-order valence-electron chi connectivity index (χ3n) is 3.71. The number of nitro benzene ring substituents is 1. The lowest BCUT2D eigenvalue weighted by Gasteiger charge is -2.00. The Bertz CT molecular complexity index is 1210. The highest BCUT2D eigenvalue weighted by atomic mass is 32.1. The highest BCUT2D eigenvalue weighted by Gasteiger charge is 2.10. The second kappa shape index (κ2) is 6.08. The Morgan fingerprint density at radius 2 is 2.00 bits per heavy atom. The number of hydrogen-bond acceptors (Lipinski definition) is 8. The molecular weight excluding hydrogens is 356 g/mol. The van der Waals surface area contributed by atoms with Crippen LogP contribution in [0.15, 0.2) is 47.5 Å². The van der Waals surface area contributed by atoms with Gasteiger partial charge in [0.1, 0.15) is 5.75 Å². The van der Waals surface area contributed by atoms with Crippen LogP contribution in [0.4, 0.5) is 17.3 Å². The first-order valence-corrected chi connectivity index (χ1v) is 8.29. The van der Waals surface area contributed by atoms with Gasteiger partial charge < -0.3 is 10.5 Å². The molecule has 130 valence electrons. The molecule has 0 fully saturated rings. The number of ether oxygens (including phenoxy) is 1. The second-order valence-electron chi connectivity index (χ2n) is 5.32. The van der Waals surface area contributed by atoms with E-state index in [-0.39, 0.29) is 11.6 Å². The standard InChI is InChI=1S/C16H12N6O3S/c1-25-11-6-7-12-13(8-11)26-16-20-14(17)19-15(21(12)16)18-9-2-4-10(5-3-9)22(23)24/h2-8H,1H3,(H2,17,18,19). The van der Waals surface area contributed by atoms with Crippen molar-refractivity contribution in [3.8, 4) is 5.75 Å². The molecule has 0 saturated carbocycles. The number of hydrogen-bond donors (Lipinski definition) is 1. The minimum atomic E-state index is -0.459. The fourth-order valence-corrected chi connectivity index (χ4v) is 3.56. The van der Waals surface area contributed by atoms with E-state index in [2.05, 4.69) is 15.0 Å². The van der Waals surface area contributed by atoms with Crippen LogP contribution in [0.25, 0.3) is 15.2 Å². The van der Waals surface area contributed by atoms with Crippen LogP contribution in [0.2, 0.25) is 0 Å². The van der Waals surface area contributed by atoms with Gasteiger partial charge in [-0.3, -0.25) is 14.5 Å². The smallest absolute Gasteiger partial charge is 0.269 e. The average molecular weight is 368 g/mol. The van der Waals surface area contributed by atoms with Gasteiger partial charge in [-0.2, -0.15) is 9.97 Å². The van der Waals surface area contributed by atoms with Crippen molar-refractivity contribution in [3.63, 3.8) is 0 Å². The zero-order valence-electron chi connectivity index (χ0n) is 13.5. The molecule has 0 aliphatic carbocycles. The van der Waals surface area contributed by atoms with Crippen LogP contribution in [-0.2, 0) is 0 Å². The molecule has 0 aliphatic rings. The number of nitrogens with zero attached hydrogens (tertiary/aromatic N) is 5. The minimum absolute atomic E-state index is 0.00275. The van der Waals surface area contributed by atoms with E-state index in [0.717, 1.165) is 16.0 Å². The Hall–Kier alpha value is -3.53. The normalized spacial score (nSPS) is 12.0. The van der Waals surface area contributed by atoms with Gasteiger partial charge in [-0.15, -0.1) is 0 Å². The van der Waals surface area contributed by atoms with E-state index in [1.165, 1.54) is 23.5 Å². The summed E-state index contributed by atoms with van der Waals surface area (Å²) in [5.41, 5.74) is 7.55. The minimum Gasteiger partial charge on any atom is -0.497 e. The Morgan fingerprint density at radius 1 is 1.23 bits per heavy atom. The van der Waals surface area contributed by atoms with E-state index in [4.69, 9.17) is 10.5 Å². The maximum absolute atomic E-state index is 10.8. The van der Waals surface area contributed by atoms with Crippen LogP contribution < -0.4 is 16.1 Å². The van der Waals surface area contributed by atoms with E-state index in [9.17, 15) is 10.1 Å². The Kier molecular flexibility index (Phi) is 3.73.